The summed E-state index contributed by atoms with van der Waals surface area (Å²) in [5.41, 5.74) is 1.78. The predicted octanol–water partition coefficient (Wildman–Crippen LogP) is 3.31. The molecule has 0 amide bonds. The summed E-state index contributed by atoms with van der Waals surface area (Å²) in [4.78, 5) is 9.78. The molecule has 2 N–H and O–H groups in total. The first-order valence-electron chi connectivity index (χ1n) is 7.52. The monoisotopic (exact) mass is 328 g/mol. The molecule has 1 aliphatic rings. The topological polar surface area (TPSA) is 84.1 Å². The van der Waals surface area contributed by atoms with E-state index in [9.17, 15) is 5.11 Å². The Bertz CT molecular complexity index is 811. The molecular formula is C16H16N4O2S. The number of hydrogen-bond acceptors (Lipinski definition) is 7. The molecule has 0 aliphatic heterocycles. The zero-order chi connectivity index (χ0) is 15.8. The minimum Gasteiger partial charge on any atom is -0.373 e. The number of aliphatic hydroxyl groups excluding tert-OH is 1. The van der Waals surface area contributed by atoms with E-state index in [1.807, 2.05) is 30.3 Å². The van der Waals surface area contributed by atoms with Crippen LogP contribution in [0.25, 0.3) is 22.0 Å². The number of aryl methyl sites for hydroxylation is 1. The molecule has 0 bridgehead atoms. The summed E-state index contributed by atoms with van der Waals surface area (Å²) in [6.45, 7) is 1.76. The van der Waals surface area contributed by atoms with Crippen LogP contribution in [0, 0.1) is 12.8 Å². The molecule has 3 aromatic rings. The summed E-state index contributed by atoms with van der Waals surface area (Å²) in [7, 11) is 0. The molecule has 1 aromatic carbocycles. The molecule has 7 heteroatoms. The van der Waals surface area contributed by atoms with Crippen molar-refractivity contribution in [2.24, 2.45) is 5.92 Å². The number of nitrogens with one attached hydrogen (secondary N) is 1. The fourth-order valence-corrected chi connectivity index (χ4v) is 3.32. The molecule has 2 heterocycles. The molecule has 118 valence electrons. The highest BCUT2D eigenvalue weighted by atomic mass is 32.1. The summed E-state index contributed by atoms with van der Waals surface area (Å²) in [5, 5.41) is 17.9. The van der Waals surface area contributed by atoms with Crippen LogP contribution in [0.3, 0.4) is 0 Å². The molecule has 0 spiro atoms. The third kappa shape index (κ3) is 2.97. The summed E-state index contributed by atoms with van der Waals surface area (Å²) in [6.07, 6.45) is 1.56. The van der Waals surface area contributed by atoms with Crippen molar-refractivity contribution in [2.75, 3.05) is 5.32 Å². The lowest BCUT2D eigenvalue weighted by Gasteiger charge is -2.09. The number of anilines is 1. The molecule has 1 saturated carbocycles. The van der Waals surface area contributed by atoms with E-state index in [2.05, 4.69) is 20.4 Å². The lowest BCUT2D eigenvalue weighted by atomic mass is 10.1. The molecule has 6 nitrogen and oxygen atoms in total. The van der Waals surface area contributed by atoms with Crippen molar-refractivity contribution in [3.63, 3.8) is 0 Å². The van der Waals surface area contributed by atoms with Crippen molar-refractivity contribution in [2.45, 2.75) is 26.0 Å². The van der Waals surface area contributed by atoms with Gasteiger partial charge in [0.15, 0.2) is 5.13 Å². The van der Waals surface area contributed by atoms with Crippen molar-refractivity contribution >= 4 is 16.5 Å². The molecule has 0 saturated heterocycles. The average Bonchev–Trinajstić information content (AvgIpc) is 3.21. The standard InChI is InChI=1S/C16H16N4O2S/c1-9-17-14(20-22-9)13-12(10-5-3-2-4-6-10)18-16(23-13)19-15(21)11-7-8-11/h2-6,11,15,21H,7-8H2,1H3,(H,18,19). The van der Waals surface area contributed by atoms with Gasteiger partial charge < -0.3 is 14.9 Å². The SMILES string of the molecule is Cc1nc(-c2sc(NC(O)C3CC3)nc2-c2ccccc2)no1. The second-order valence-corrected chi connectivity index (χ2v) is 6.63. The van der Waals surface area contributed by atoms with Gasteiger partial charge in [-0.05, 0) is 12.8 Å². The maximum absolute atomic E-state index is 10.1. The molecule has 1 aliphatic carbocycles. The summed E-state index contributed by atoms with van der Waals surface area (Å²) < 4.78 is 5.10. The Balaban J connectivity index is 1.74. The van der Waals surface area contributed by atoms with E-state index in [0.717, 1.165) is 29.0 Å². The van der Waals surface area contributed by atoms with Gasteiger partial charge >= 0.3 is 0 Å². The van der Waals surface area contributed by atoms with Crippen molar-refractivity contribution in [1.82, 2.24) is 15.1 Å². The number of aliphatic hydroxyl groups is 1. The second-order valence-electron chi connectivity index (χ2n) is 5.63. The number of nitrogens with zero attached hydrogens (tertiary/aromatic N) is 3. The maximum Gasteiger partial charge on any atom is 0.223 e. The van der Waals surface area contributed by atoms with Gasteiger partial charge in [-0.3, -0.25) is 0 Å². The zero-order valence-electron chi connectivity index (χ0n) is 12.6. The fraction of sp³-hybridized carbons (Fsp3) is 0.312. The number of thiazole rings is 1. The molecule has 23 heavy (non-hydrogen) atoms. The van der Waals surface area contributed by atoms with Gasteiger partial charge in [0.05, 0.1) is 5.69 Å². The lowest BCUT2D eigenvalue weighted by Crippen LogP contribution is -2.20. The van der Waals surface area contributed by atoms with E-state index in [4.69, 9.17) is 4.52 Å². The second kappa shape index (κ2) is 5.75. The predicted molar refractivity (Wildman–Crippen MR) is 87.9 cm³/mol. The van der Waals surface area contributed by atoms with Crippen molar-refractivity contribution in [3.8, 4) is 22.0 Å². The minimum atomic E-state index is -0.551. The summed E-state index contributed by atoms with van der Waals surface area (Å²) >= 11 is 1.43. The first-order chi connectivity index (χ1) is 11.2. The van der Waals surface area contributed by atoms with Crippen LogP contribution in [-0.4, -0.2) is 26.5 Å². The molecule has 1 fully saturated rings. The van der Waals surface area contributed by atoms with Crippen LogP contribution in [0.5, 0.6) is 0 Å². The van der Waals surface area contributed by atoms with Crippen LogP contribution in [0.4, 0.5) is 5.13 Å². The number of benzene rings is 1. The zero-order valence-corrected chi connectivity index (χ0v) is 13.4. The van der Waals surface area contributed by atoms with E-state index in [1.54, 1.807) is 6.92 Å². The quantitative estimate of drug-likeness (QED) is 0.699. The van der Waals surface area contributed by atoms with Gasteiger partial charge in [-0.1, -0.05) is 46.8 Å². The molecular weight excluding hydrogens is 312 g/mol. The average molecular weight is 328 g/mol. The largest absolute Gasteiger partial charge is 0.373 e. The van der Waals surface area contributed by atoms with E-state index in [-0.39, 0.29) is 0 Å². The van der Waals surface area contributed by atoms with Crippen LogP contribution in [0.1, 0.15) is 18.7 Å². The van der Waals surface area contributed by atoms with Crippen molar-refractivity contribution < 1.29 is 9.63 Å². The third-order valence-corrected chi connectivity index (χ3v) is 4.73. The van der Waals surface area contributed by atoms with Crippen LogP contribution in [-0.2, 0) is 0 Å². The summed E-state index contributed by atoms with van der Waals surface area (Å²) in [5.74, 6) is 1.36. The van der Waals surface area contributed by atoms with Gasteiger partial charge in [0.2, 0.25) is 11.7 Å². The highest BCUT2D eigenvalue weighted by Gasteiger charge is 2.30. The van der Waals surface area contributed by atoms with Crippen LogP contribution >= 0.6 is 11.3 Å². The van der Waals surface area contributed by atoms with Gasteiger partial charge in [0, 0.05) is 18.4 Å². The Hall–Kier alpha value is -2.25. The Morgan fingerprint density at radius 3 is 2.70 bits per heavy atom. The van der Waals surface area contributed by atoms with Crippen LogP contribution < -0.4 is 5.32 Å². The van der Waals surface area contributed by atoms with E-state index < -0.39 is 6.23 Å². The minimum absolute atomic E-state index is 0.329. The van der Waals surface area contributed by atoms with Gasteiger partial charge in [-0.2, -0.15) is 4.98 Å². The smallest absolute Gasteiger partial charge is 0.223 e. The molecule has 1 unspecified atom stereocenters. The Morgan fingerprint density at radius 1 is 1.26 bits per heavy atom. The van der Waals surface area contributed by atoms with Crippen molar-refractivity contribution in [1.29, 1.82) is 0 Å². The van der Waals surface area contributed by atoms with E-state index in [1.165, 1.54) is 11.3 Å². The van der Waals surface area contributed by atoms with Crippen LogP contribution in [0.2, 0.25) is 0 Å². The highest BCUT2D eigenvalue weighted by Crippen LogP contribution is 2.39. The van der Waals surface area contributed by atoms with Gasteiger partial charge in [0.25, 0.3) is 0 Å². The van der Waals surface area contributed by atoms with Crippen LogP contribution in [0.15, 0.2) is 34.9 Å². The van der Waals surface area contributed by atoms with Gasteiger partial charge in [0.1, 0.15) is 11.1 Å². The fourth-order valence-electron chi connectivity index (χ4n) is 2.37. The molecule has 0 radical (unpaired) electrons. The lowest BCUT2D eigenvalue weighted by molar-refractivity contribution is 0.180. The Morgan fingerprint density at radius 2 is 2.04 bits per heavy atom. The van der Waals surface area contributed by atoms with Gasteiger partial charge in [-0.15, -0.1) is 0 Å². The number of aromatic nitrogens is 3. The highest BCUT2D eigenvalue weighted by molar-refractivity contribution is 7.19. The van der Waals surface area contributed by atoms with E-state index >= 15 is 0 Å². The first kappa shape index (κ1) is 14.3. The normalized spacial score (nSPS) is 15.6. The molecule has 2 aromatic heterocycles. The molecule has 4 rings (SSSR count). The number of rotatable bonds is 5. The summed E-state index contributed by atoms with van der Waals surface area (Å²) in [6, 6.07) is 9.88. The van der Waals surface area contributed by atoms with Crippen molar-refractivity contribution in [3.05, 3.63) is 36.2 Å². The molecule has 1 atom stereocenters. The Kier molecular flexibility index (Phi) is 3.59. The Labute approximate surface area is 137 Å². The number of hydrogen-bond donors (Lipinski definition) is 2. The maximum atomic E-state index is 10.1. The van der Waals surface area contributed by atoms with Gasteiger partial charge in [-0.25, -0.2) is 4.98 Å². The third-order valence-electron chi connectivity index (χ3n) is 3.74. The van der Waals surface area contributed by atoms with E-state index in [0.29, 0.717) is 22.8 Å². The first-order valence-corrected chi connectivity index (χ1v) is 8.34.